The highest BCUT2D eigenvalue weighted by atomic mass is 19.1. The highest BCUT2D eigenvalue weighted by Gasteiger charge is 2.54. The Morgan fingerprint density at radius 1 is 1.21 bits per heavy atom. The van der Waals surface area contributed by atoms with Crippen molar-refractivity contribution >= 4 is 13.1 Å². The number of rotatable bonds is 5. The van der Waals surface area contributed by atoms with Gasteiger partial charge in [0.15, 0.2) is 0 Å². The van der Waals surface area contributed by atoms with E-state index in [-0.39, 0.29) is 6.42 Å². The molecule has 1 saturated heterocycles. The van der Waals surface area contributed by atoms with E-state index in [2.05, 4.69) is 0 Å². The van der Waals surface area contributed by atoms with Gasteiger partial charge in [-0.15, -0.1) is 0 Å². The summed E-state index contributed by atoms with van der Waals surface area (Å²) in [6.45, 7) is 7.74. The van der Waals surface area contributed by atoms with Crippen molar-refractivity contribution in [2.24, 2.45) is 0 Å². The van der Waals surface area contributed by atoms with Crippen LogP contribution in [0.5, 0.6) is 5.75 Å². The third kappa shape index (κ3) is 3.57. The first-order valence-corrected chi connectivity index (χ1v) is 7.87. The standard InChI is InChI=1S/C17H24BFO5/c1-16(2)17(3,4)24-18(23-16)13(10-15(20)22-6)12-8-7-11(19)9-14(12)21-5/h7-9,13H,10H2,1-6H3. The van der Waals surface area contributed by atoms with Gasteiger partial charge in [0.25, 0.3) is 0 Å². The van der Waals surface area contributed by atoms with Crippen molar-refractivity contribution in [3.63, 3.8) is 0 Å². The van der Waals surface area contributed by atoms with Crippen LogP contribution in [0.4, 0.5) is 4.39 Å². The summed E-state index contributed by atoms with van der Waals surface area (Å²) < 4.78 is 35.7. The number of carbonyl (C=O) groups is 1. The summed E-state index contributed by atoms with van der Waals surface area (Å²) in [6, 6.07) is 4.20. The van der Waals surface area contributed by atoms with E-state index in [1.807, 2.05) is 27.7 Å². The highest BCUT2D eigenvalue weighted by Crippen LogP contribution is 2.43. The van der Waals surface area contributed by atoms with Gasteiger partial charge in [0.1, 0.15) is 11.6 Å². The summed E-state index contributed by atoms with van der Waals surface area (Å²) in [5.41, 5.74) is -0.443. The lowest BCUT2D eigenvalue weighted by Gasteiger charge is -2.32. The minimum absolute atomic E-state index is 0.0370. The van der Waals surface area contributed by atoms with Gasteiger partial charge in [-0.2, -0.15) is 0 Å². The molecule has 2 rings (SSSR count). The predicted molar refractivity (Wildman–Crippen MR) is 88.4 cm³/mol. The Morgan fingerprint density at radius 2 is 1.79 bits per heavy atom. The van der Waals surface area contributed by atoms with E-state index in [1.54, 1.807) is 6.07 Å². The Labute approximate surface area is 142 Å². The second kappa shape index (κ2) is 6.72. The van der Waals surface area contributed by atoms with Crippen molar-refractivity contribution in [3.8, 4) is 5.75 Å². The summed E-state index contributed by atoms with van der Waals surface area (Å²) in [5.74, 6) is -0.949. The molecule has 1 fully saturated rings. The summed E-state index contributed by atoms with van der Waals surface area (Å²) in [6.07, 6.45) is 0.0370. The van der Waals surface area contributed by atoms with E-state index in [4.69, 9.17) is 18.8 Å². The minimum Gasteiger partial charge on any atom is -0.496 e. The molecule has 0 N–H and O–H groups in total. The van der Waals surface area contributed by atoms with E-state index < -0.39 is 35.9 Å². The van der Waals surface area contributed by atoms with Crippen LogP contribution in [-0.4, -0.2) is 38.5 Å². The van der Waals surface area contributed by atoms with E-state index >= 15 is 0 Å². The molecule has 0 saturated carbocycles. The van der Waals surface area contributed by atoms with Crippen molar-refractivity contribution < 1.29 is 28.0 Å². The summed E-state index contributed by atoms with van der Waals surface area (Å²) >= 11 is 0. The maximum absolute atomic E-state index is 13.5. The van der Waals surface area contributed by atoms with Crippen LogP contribution in [-0.2, 0) is 18.8 Å². The number of benzene rings is 1. The number of ether oxygens (including phenoxy) is 2. The monoisotopic (exact) mass is 338 g/mol. The SMILES string of the molecule is COC(=O)CC(B1OC(C)(C)C(C)(C)O1)c1ccc(F)cc1OC. The van der Waals surface area contributed by atoms with Crippen molar-refractivity contribution in [2.45, 2.75) is 51.1 Å². The van der Waals surface area contributed by atoms with Crippen molar-refractivity contribution in [3.05, 3.63) is 29.6 Å². The molecule has 1 aliphatic rings. The fourth-order valence-corrected chi connectivity index (χ4v) is 2.66. The first-order chi connectivity index (χ1) is 11.1. The number of hydrogen-bond donors (Lipinski definition) is 0. The quantitative estimate of drug-likeness (QED) is 0.610. The topological polar surface area (TPSA) is 54.0 Å². The molecule has 0 bridgehead atoms. The molecule has 24 heavy (non-hydrogen) atoms. The second-order valence-electron chi connectivity index (χ2n) is 6.90. The fourth-order valence-electron chi connectivity index (χ4n) is 2.66. The lowest BCUT2D eigenvalue weighted by molar-refractivity contribution is -0.140. The molecule has 7 heteroatoms. The van der Waals surface area contributed by atoms with Crippen LogP contribution in [0.15, 0.2) is 18.2 Å². The zero-order chi connectivity index (χ0) is 18.1. The second-order valence-corrected chi connectivity index (χ2v) is 6.90. The minimum atomic E-state index is -0.673. The van der Waals surface area contributed by atoms with E-state index in [0.29, 0.717) is 11.3 Å². The molecule has 0 radical (unpaired) electrons. The van der Waals surface area contributed by atoms with E-state index in [9.17, 15) is 9.18 Å². The molecule has 0 amide bonds. The molecule has 0 aromatic heterocycles. The first-order valence-electron chi connectivity index (χ1n) is 7.87. The predicted octanol–water partition coefficient (Wildman–Crippen LogP) is 3.11. The van der Waals surface area contributed by atoms with Gasteiger partial charge >= 0.3 is 13.1 Å². The Kier molecular flexibility index (Phi) is 5.25. The first kappa shape index (κ1) is 18.7. The lowest BCUT2D eigenvalue weighted by atomic mass is 9.66. The molecule has 1 heterocycles. The summed E-state index contributed by atoms with van der Waals surface area (Å²) in [4.78, 5) is 11.9. The Morgan fingerprint density at radius 3 is 2.29 bits per heavy atom. The van der Waals surface area contributed by atoms with Gasteiger partial charge in [-0.1, -0.05) is 6.07 Å². The van der Waals surface area contributed by atoms with Crippen LogP contribution in [0.1, 0.15) is 45.5 Å². The maximum Gasteiger partial charge on any atom is 0.466 e. The Balaban J connectivity index is 2.42. The third-order valence-electron chi connectivity index (χ3n) is 4.81. The molecule has 132 valence electrons. The van der Waals surface area contributed by atoms with Gasteiger partial charge in [-0.25, -0.2) is 4.39 Å². The van der Waals surface area contributed by atoms with Crippen LogP contribution in [0.2, 0.25) is 0 Å². The van der Waals surface area contributed by atoms with Crippen molar-refractivity contribution in [2.75, 3.05) is 14.2 Å². The smallest absolute Gasteiger partial charge is 0.466 e. The van der Waals surface area contributed by atoms with Gasteiger partial charge in [0, 0.05) is 11.9 Å². The van der Waals surface area contributed by atoms with Gasteiger partial charge in [0.05, 0.1) is 31.8 Å². The van der Waals surface area contributed by atoms with Gasteiger partial charge in [-0.05, 0) is 39.3 Å². The Hall–Kier alpha value is -1.60. The average Bonchev–Trinajstić information content (AvgIpc) is 2.72. The molecule has 5 nitrogen and oxygen atoms in total. The number of hydrogen-bond acceptors (Lipinski definition) is 5. The zero-order valence-electron chi connectivity index (χ0n) is 15.0. The number of halogens is 1. The number of methoxy groups -OCH3 is 2. The lowest BCUT2D eigenvalue weighted by Crippen LogP contribution is -2.41. The van der Waals surface area contributed by atoms with Crippen molar-refractivity contribution in [1.82, 2.24) is 0 Å². The molecule has 1 aromatic rings. The largest absolute Gasteiger partial charge is 0.496 e. The number of esters is 1. The summed E-state index contributed by atoms with van der Waals surface area (Å²) in [7, 11) is 2.11. The van der Waals surface area contributed by atoms with Crippen LogP contribution in [0.3, 0.4) is 0 Å². The molecule has 1 aliphatic heterocycles. The average molecular weight is 338 g/mol. The van der Waals surface area contributed by atoms with Gasteiger partial charge in [-0.3, -0.25) is 4.79 Å². The highest BCUT2D eigenvalue weighted by molar-refractivity contribution is 6.48. The molecule has 1 aromatic carbocycles. The van der Waals surface area contributed by atoms with Gasteiger partial charge < -0.3 is 18.8 Å². The normalized spacial score (nSPS) is 19.9. The zero-order valence-corrected chi connectivity index (χ0v) is 15.0. The molecule has 1 atom stereocenters. The maximum atomic E-state index is 13.5. The van der Waals surface area contributed by atoms with Crippen molar-refractivity contribution in [1.29, 1.82) is 0 Å². The van der Waals surface area contributed by atoms with Crippen LogP contribution in [0, 0.1) is 5.82 Å². The number of carbonyl (C=O) groups excluding carboxylic acids is 1. The van der Waals surface area contributed by atoms with Crippen LogP contribution >= 0.6 is 0 Å². The van der Waals surface area contributed by atoms with Crippen LogP contribution < -0.4 is 4.74 Å². The molecular weight excluding hydrogens is 314 g/mol. The van der Waals surface area contributed by atoms with E-state index in [0.717, 1.165) is 0 Å². The van der Waals surface area contributed by atoms with Crippen LogP contribution in [0.25, 0.3) is 0 Å². The van der Waals surface area contributed by atoms with Gasteiger partial charge in [0.2, 0.25) is 0 Å². The molecule has 0 spiro atoms. The molecular formula is C17H24BFO5. The summed E-state index contributed by atoms with van der Waals surface area (Å²) in [5, 5.41) is 0. The molecule has 1 unspecified atom stereocenters. The third-order valence-corrected chi connectivity index (χ3v) is 4.81. The fraction of sp³-hybridized carbons (Fsp3) is 0.588. The molecule has 0 aliphatic carbocycles. The van der Waals surface area contributed by atoms with E-state index in [1.165, 1.54) is 26.4 Å². The Bertz CT molecular complexity index is 601.